The lowest BCUT2D eigenvalue weighted by atomic mass is 10.1. The molecule has 0 bridgehead atoms. The summed E-state index contributed by atoms with van der Waals surface area (Å²) < 4.78 is 19.7. The molecule has 0 amide bonds. The second kappa shape index (κ2) is 4.89. The van der Waals surface area contributed by atoms with Crippen LogP contribution in [0.1, 0.15) is 24.6 Å². The molecule has 2 aromatic rings. The first-order valence-corrected chi connectivity index (χ1v) is 6.85. The third-order valence-electron chi connectivity index (χ3n) is 3.11. The first kappa shape index (κ1) is 12.5. The zero-order chi connectivity index (χ0) is 13.4. The maximum atomic E-state index is 14.0. The van der Waals surface area contributed by atoms with Crippen LogP contribution in [0, 0.1) is 5.82 Å². The van der Waals surface area contributed by atoms with Gasteiger partial charge in [0.15, 0.2) is 0 Å². The Kier molecular flexibility index (Phi) is 3.22. The highest BCUT2D eigenvalue weighted by Crippen LogP contribution is 2.39. The van der Waals surface area contributed by atoms with Crippen molar-refractivity contribution in [2.75, 3.05) is 7.11 Å². The van der Waals surface area contributed by atoms with E-state index in [1.165, 1.54) is 13.2 Å². The molecule has 98 valence electrons. The molecule has 1 aliphatic carbocycles. The monoisotopic (exact) mass is 322 g/mol. The molecule has 0 atom stereocenters. The standard InChI is InChI=1S/C14H12BrFN2O/c1-19-9-4-5-10(11(16)6-9)12-7-13(15)18-14(17-12)8-2-3-8/h4-8H,2-3H2,1H3. The molecule has 19 heavy (non-hydrogen) atoms. The van der Waals surface area contributed by atoms with Gasteiger partial charge in [0.25, 0.3) is 0 Å². The van der Waals surface area contributed by atoms with Gasteiger partial charge in [0, 0.05) is 17.5 Å². The molecule has 0 unspecified atom stereocenters. The highest BCUT2D eigenvalue weighted by molar-refractivity contribution is 9.10. The van der Waals surface area contributed by atoms with Crippen molar-refractivity contribution in [3.63, 3.8) is 0 Å². The van der Waals surface area contributed by atoms with Gasteiger partial charge in [0.05, 0.1) is 12.8 Å². The Balaban J connectivity index is 2.05. The lowest BCUT2D eigenvalue weighted by Gasteiger charge is -2.07. The minimum absolute atomic E-state index is 0.341. The topological polar surface area (TPSA) is 35.0 Å². The summed E-state index contributed by atoms with van der Waals surface area (Å²) in [5, 5.41) is 0. The van der Waals surface area contributed by atoms with Crippen molar-refractivity contribution in [1.29, 1.82) is 0 Å². The molecule has 0 aliphatic heterocycles. The Labute approximate surface area is 119 Å². The van der Waals surface area contributed by atoms with Crippen molar-refractivity contribution in [3.8, 4) is 17.0 Å². The highest BCUT2D eigenvalue weighted by atomic mass is 79.9. The number of methoxy groups -OCH3 is 1. The lowest BCUT2D eigenvalue weighted by Crippen LogP contribution is -1.97. The number of rotatable bonds is 3. The van der Waals surface area contributed by atoms with Crippen molar-refractivity contribution in [2.24, 2.45) is 0 Å². The zero-order valence-electron chi connectivity index (χ0n) is 10.4. The summed E-state index contributed by atoms with van der Waals surface area (Å²) >= 11 is 3.36. The van der Waals surface area contributed by atoms with Gasteiger partial charge in [0.1, 0.15) is 22.0 Å². The van der Waals surface area contributed by atoms with Crippen LogP contribution in [0.3, 0.4) is 0 Å². The Hall–Kier alpha value is -1.49. The molecule has 0 N–H and O–H groups in total. The van der Waals surface area contributed by atoms with Gasteiger partial charge in [-0.1, -0.05) is 0 Å². The highest BCUT2D eigenvalue weighted by Gasteiger charge is 2.27. The van der Waals surface area contributed by atoms with E-state index in [4.69, 9.17) is 4.74 Å². The molecule has 5 heteroatoms. The second-order valence-corrected chi connectivity index (χ2v) is 5.37. The summed E-state index contributed by atoms with van der Waals surface area (Å²) in [5.41, 5.74) is 1.06. The van der Waals surface area contributed by atoms with Crippen LogP contribution >= 0.6 is 15.9 Å². The zero-order valence-corrected chi connectivity index (χ0v) is 11.9. The van der Waals surface area contributed by atoms with Crippen molar-refractivity contribution >= 4 is 15.9 Å². The number of halogens is 2. The number of nitrogens with zero attached hydrogens (tertiary/aromatic N) is 2. The molecular weight excluding hydrogens is 311 g/mol. The van der Waals surface area contributed by atoms with Crippen LogP contribution in [-0.4, -0.2) is 17.1 Å². The van der Waals surface area contributed by atoms with E-state index in [2.05, 4.69) is 25.9 Å². The fraction of sp³-hybridized carbons (Fsp3) is 0.286. The summed E-state index contributed by atoms with van der Waals surface area (Å²) in [5.74, 6) is 1.38. The SMILES string of the molecule is COc1ccc(-c2cc(Br)nc(C3CC3)n2)c(F)c1. The molecule has 3 rings (SSSR count). The Morgan fingerprint density at radius 2 is 2.05 bits per heavy atom. The third-order valence-corrected chi connectivity index (χ3v) is 3.51. The normalized spacial score (nSPS) is 14.5. The van der Waals surface area contributed by atoms with E-state index in [1.807, 2.05) is 0 Å². The smallest absolute Gasteiger partial charge is 0.136 e. The second-order valence-electron chi connectivity index (χ2n) is 4.55. The van der Waals surface area contributed by atoms with E-state index in [9.17, 15) is 4.39 Å². The summed E-state index contributed by atoms with van der Waals surface area (Å²) in [6.45, 7) is 0. The van der Waals surface area contributed by atoms with Crippen molar-refractivity contribution in [1.82, 2.24) is 9.97 Å². The van der Waals surface area contributed by atoms with Gasteiger partial charge in [-0.25, -0.2) is 14.4 Å². The fourth-order valence-electron chi connectivity index (χ4n) is 1.93. The summed E-state index contributed by atoms with van der Waals surface area (Å²) in [6, 6.07) is 6.50. The van der Waals surface area contributed by atoms with Gasteiger partial charge in [-0.05, 0) is 47.0 Å². The molecule has 0 spiro atoms. The predicted octanol–water partition coefficient (Wildman–Crippen LogP) is 3.93. The van der Waals surface area contributed by atoms with E-state index in [-0.39, 0.29) is 5.82 Å². The molecule has 1 aromatic heterocycles. The van der Waals surface area contributed by atoms with Gasteiger partial charge in [0.2, 0.25) is 0 Å². The Morgan fingerprint density at radius 1 is 1.26 bits per heavy atom. The average molecular weight is 323 g/mol. The number of ether oxygens (including phenoxy) is 1. The van der Waals surface area contributed by atoms with Gasteiger partial charge in [-0.2, -0.15) is 0 Å². The molecule has 1 saturated carbocycles. The van der Waals surface area contributed by atoms with Crippen LogP contribution in [0.2, 0.25) is 0 Å². The van der Waals surface area contributed by atoms with Gasteiger partial charge < -0.3 is 4.74 Å². The molecule has 1 fully saturated rings. The molecule has 1 aliphatic rings. The van der Waals surface area contributed by atoms with Crippen LogP contribution in [0.25, 0.3) is 11.3 Å². The molecule has 3 nitrogen and oxygen atoms in total. The maximum absolute atomic E-state index is 14.0. The van der Waals surface area contributed by atoms with E-state index in [1.54, 1.807) is 18.2 Å². The van der Waals surface area contributed by atoms with Crippen LogP contribution < -0.4 is 4.74 Å². The first-order chi connectivity index (χ1) is 9.17. The lowest BCUT2D eigenvalue weighted by molar-refractivity contribution is 0.411. The minimum atomic E-state index is -0.341. The maximum Gasteiger partial charge on any atom is 0.136 e. The van der Waals surface area contributed by atoms with Crippen molar-refractivity contribution in [2.45, 2.75) is 18.8 Å². The van der Waals surface area contributed by atoms with Crippen LogP contribution in [-0.2, 0) is 0 Å². The molecule has 1 heterocycles. The molecule has 0 saturated heterocycles. The van der Waals surface area contributed by atoms with Crippen LogP contribution in [0.4, 0.5) is 4.39 Å². The largest absolute Gasteiger partial charge is 0.497 e. The minimum Gasteiger partial charge on any atom is -0.497 e. The molecular formula is C14H12BrFN2O. The molecule has 1 aromatic carbocycles. The van der Waals surface area contributed by atoms with Crippen LogP contribution in [0.5, 0.6) is 5.75 Å². The summed E-state index contributed by atoms with van der Waals surface area (Å²) in [6.07, 6.45) is 2.22. The fourth-order valence-corrected chi connectivity index (χ4v) is 2.33. The quantitative estimate of drug-likeness (QED) is 0.803. The van der Waals surface area contributed by atoms with Crippen LogP contribution in [0.15, 0.2) is 28.9 Å². The Morgan fingerprint density at radius 3 is 2.68 bits per heavy atom. The first-order valence-electron chi connectivity index (χ1n) is 6.06. The number of benzene rings is 1. The van der Waals surface area contributed by atoms with E-state index in [0.29, 0.717) is 27.5 Å². The number of aromatic nitrogens is 2. The van der Waals surface area contributed by atoms with Gasteiger partial charge in [-0.15, -0.1) is 0 Å². The summed E-state index contributed by atoms with van der Waals surface area (Å²) in [4.78, 5) is 8.80. The third kappa shape index (κ3) is 2.61. The number of hydrogen-bond donors (Lipinski definition) is 0. The van der Waals surface area contributed by atoms with Gasteiger partial charge >= 0.3 is 0 Å². The van der Waals surface area contributed by atoms with Gasteiger partial charge in [-0.3, -0.25) is 0 Å². The van der Waals surface area contributed by atoms with E-state index in [0.717, 1.165) is 18.7 Å². The Bertz CT molecular complexity index is 629. The van der Waals surface area contributed by atoms with E-state index >= 15 is 0 Å². The van der Waals surface area contributed by atoms with E-state index < -0.39 is 0 Å². The summed E-state index contributed by atoms with van der Waals surface area (Å²) in [7, 11) is 1.51. The number of hydrogen-bond acceptors (Lipinski definition) is 3. The predicted molar refractivity (Wildman–Crippen MR) is 73.7 cm³/mol. The van der Waals surface area contributed by atoms with Crippen molar-refractivity contribution < 1.29 is 9.13 Å². The molecule has 0 radical (unpaired) electrons. The average Bonchev–Trinajstić information content (AvgIpc) is 3.22. The van der Waals surface area contributed by atoms with Crippen molar-refractivity contribution in [3.05, 3.63) is 40.5 Å².